The smallest absolute Gasteiger partial charge is 0.255 e. The van der Waals surface area contributed by atoms with E-state index >= 15 is 0 Å². The number of carbonyl (C=O) groups excluding carboxylic acids is 1. The third-order valence-electron chi connectivity index (χ3n) is 2.51. The number of hydrogen-bond donors (Lipinski definition) is 3. The average Bonchev–Trinajstić information content (AvgIpc) is 2.32. The molecule has 0 bridgehead atoms. The van der Waals surface area contributed by atoms with Crippen molar-refractivity contribution in [2.24, 2.45) is 0 Å². The minimum absolute atomic E-state index is 0.0171. The van der Waals surface area contributed by atoms with Crippen LogP contribution in [-0.2, 0) is 0 Å². The van der Waals surface area contributed by atoms with Gasteiger partial charge in [-0.2, -0.15) is 0 Å². The van der Waals surface area contributed by atoms with E-state index in [1.807, 2.05) is 6.92 Å². The zero-order valence-electron chi connectivity index (χ0n) is 9.84. The Morgan fingerprint density at radius 3 is 2.56 bits per heavy atom. The minimum atomic E-state index is -0.384. The molecule has 2 aromatic carbocycles. The summed E-state index contributed by atoms with van der Waals surface area (Å²) in [5.41, 5.74) is 1.58. The predicted octanol–water partition coefficient (Wildman–Crippen LogP) is 2.66. The molecule has 18 heavy (non-hydrogen) atoms. The normalized spacial score (nSPS) is 10.1. The van der Waals surface area contributed by atoms with Gasteiger partial charge in [-0.25, -0.2) is 0 Å². The summed E-state index contributed by atoms with van der Waals surface area (Å²) < 4.78 is 0. The van der Waals surface area contributed by atoms with Crippen LogP contribution in [0.5, 0.6) is 11.5 Å². The van der Waals surface area contributed by atoms with Crippen molar-refractivity contribution in [2.45, 2.75) is 6.92 Å². The molecule has 0 radical (unpaired) electrons. The van der Waals surface area contributed by atoms with E-state index in [0.29, 0.717) is 11.3 Å². The molecule has 0 aromatic heterocycles. The maximum absolute atomic E-state index is 11.9. The van der Waals surface area contributed by atoms with Crippen LogP contribution < -0.4 is 5.32 Å². The van der Waals surface area contributed by atoms with Crippen LogP contribution >= 0.6 is 0 Å². The SMILES string of the molecule is Cc1ccc(NC(=O)c2cccc(O)c2)c(O)c1. The molecule has 0 saturated heterocycles. The Morgan fingerprint density at radius 1 is 1.11 bits per heavy atom. The fourth-order valence-corrected chi connectivity index (χ4v) is 1.59. The van der Waals surface area contributed by atoms with Crippen molar-refractivity contribution in [3.8, 4) is 11.5 Å². The summed E-state index contributed by atoms with van der Waals surface area (Å²) in [4.78, 5) is 11.9. The first kappa shape index (κ1) is 12.0. The number of benzene rings is 2. The van der Waals surface area contributed by atoms with Gasteiger partial charge in [-0.3, -0.25) is 4.79 Å². The Bertz CT molecular complexity index is 593. The van der Waals surface area contributed by atoms with Crippen LogP contribution in [-0.4, -0.2) is 16.1 Å². The second-order valence-electron chi connectivity index (χ2n) is 4.03. The Hall–Kier alpha value is -2.49. The van der Waals surface area contributed by atoms with Crippen LogP contribution in [0.15, 0.2) is 42.5 Å². The molecule has 0 aliphatic carbocycles. The second-order valence-corrected chi connectivity index (χ2v) is 4.03. The van der Waals surface area contributed by atoms with Crippen LogP contribution in [0.4, 0.5) is 5.69 Å². The lowest BCUT2D eigenvalue weighted by Crippen LogP contribution is -2.11. The molecule has 0 heterocycles. The third kappa shape index (κ3) is 2.60. The molecular formula is C14H13NO3. The van der Waals surface area contributed by atoms with E-state index in [2.05, 4.69) is 5.32 Å². The highest BCUT2D eigenvalue weighted by Crippen LogP contribution is 2.24. The van der Waals surface area contributed by atoms with Gasteiger partial charge in [-0.1, -0.05) is 12.1 Å². The molecule has 0 aliphatic heterocycles. The van der Waals surface area contributed by atoms with Gasteiger partial charge in [0.15, 0.2) is 0 Å². The fraction of sp³-hybridized carbons (Fsp3) is 0.0714. The van der Waals surface area contributed by atoms with E-state index < -0.39 is 0 Å². The second kappa shape index (κ2) is 4.79. The summed E-state index contributed by atoms with van der Waals surface area (Å²) >= 11 is 0. The summed E-state index contributed by atoms with van der Waals surface area (Å²) in [6.45, 7) is 1.85. The zero-order valence-corrected chi connectivity index (χ0v) is 9.84. The van der Waals surface area contributed by atoms with Crippen LogP contribution in [0.2, 0.25) is 0 Å². The number of hydrogen-bond acceptors (Lipinski definition) is 3. The molecule has 2 rings (SSSR count). The van der Waals surface area contributed by atoms with Crippen molar-refractivity contribution in [3.63, 3.8) is 0 Å². The van der Waals surface area contributed by atoms with Gasteiger partial charge in [0.05, 0.1) is 5.69 Å². The van der Waals surface area contributed by atoms with Crippen molar-refractivity contribution in [2.75, 3.05) is 5.32 Å². The molecule has 0 saturated carbocycles. The Balaban J connectivity index is 2.21. The molecular weight excluding hydrogens is 230 g/mol. The summed E-state index contributed by atoms with van der Waals surface area (Å²) in [5, 5.41) is 21.5. The Kier molecular flexibility index (Phi) is 3.19. The minimum Gasteiger partial charge on any atom is -0.508 e. The van der Waals surface area contributed by atoms with Crippen LogP contribution in [0.3, 0.4) is 0 Å². The molecule has 0 spiro atoms. The Labute approximate surface area is 105 Å². The van der Waals surface area contributed by atoms with E-state index in [1.54, 1.807) is 30.3 Å². The molecule has 0 unspecified atom stereocenters. The average molecular weight is 243 g/mol. The lowest BCUT2D eigenvalue weighted by Gasteiger charge is -2.08. The number of phenolic OH excluding ortho intramolecular Hbond substituents is 2. The third-order valence-corrected chi connectivity index (χ3v) is 2.51. The van der Waals surface area contributed by atoms with Crippen molar-refractivity contribution in [1.29, 1.82) is 0 Å². The van der Waals surface area contributed by atoms with E-state index in [-0.39, 0.29) is 17.4 Å². The van der Waals surface area contributed by atoms with Gasteiger partial charge >= 0.3 is 0 Å². The standard InChI is InChI=1S/C14H13NO3/c1-9-5-6-12(13(17)7-9)15-14(18)10-3-2-4-11(16)8-10/h2-8,16-17H,1H3,(H,15,18). The number of aryl methyl sites for hydroxylation is 1. The van der Waals surface area contributed by atoms with Crippen molar-refractivity contribution < 1.29 is 15.0 Å². The molecule has 92 valence electrons. The zero-order chi connectivity index (χ0) is 13.1. The van der Waals surface area contributed by atoms with Gasteiger partial charge in [0, 0.05) is 5.56 Å². The summed E-state index contributed by atoms with van der Waals surface area (Å²) in [6, 6.07) is 11.0. The number of carbonyl (C=O) groups is 1. The van der Waals surface area contributed by atoms with Crippen LogP contribution in [0, 0.1) is 6.92 Å². The van der Waals surface area contributed by atoms with Crippen molar-refractivity contribution >= 4 is 11.6 Å². The molecule has 0 aliphatic rings. The first-order chi connectivity index (χ1) is 8.56. The first-order valence-electron chi connectivity index (χ1n) is 5.46. The highest BCUT2D eigenvalue weighted by molar-refractivity contribution is 6.05. The molecule has 4 heteroatoms. The Morgan fingerprint density at radius 2 is 1.89 bits per heavy atom. The highest BCUT2D eigenvalue weighted by Gasteiger charge is 2.09. The number of rotatable bonds is 2. The van der Waals surface area contributed by atoms with Gasteiger partial charge in [-0.05, 0) is 42.8 Å². The maximum Gasteiger partial charge on any atom is 0.255 e. The van der Waals surface area contributed by atoms with Gasteiger partial charge < -0.3 is 15.5 Å². The monoisotopic (exact) mass is 243 g/mol. The molecule has 0 atom stereocenters. The van der Waals surface area contributed by atoms with Crippen LogP contribution in [0.25, 0.3) is 0 Å². The summed E-state index contributed by atoms with van der Waals surface area (Å²) in [5.74, 6) is -0.343. The van der Waals surface area contributed by atoms with Crippen molar-refractivity contribution in [1.82, 2.24) is 0 Å². The molecule has 3 N–H and O–H groups in total. The molecule has 0 fully saturated rings. The molecule has 4 nitrogen and oxygen atoms in total. The number of aromatic hydroxyl groups is 2. The lowest BCUT2D eigenvalue weighted by atomic mass is 10.1. The van der Waals surface area contributed by atoms with E-state index in [9.17, 15) is 15.0 Å². The summed E-state index contributed by atoms with van der Waals surface area (Å²) in [6.07, 6.45) is 0. The van der Waals surface area contributed by atoms with E-state index in [1.165, 1.54) is 12.1 Å². The fourth-order valence-electron chi connectivity index (χ4n) is 1.59. The molecule has 1 amide bonds. The number of phenols is 2. The van der Waals surface area contributed by atoms with Gasteiger partial charge in [0.1, 0.15) is 11.5 Å². The van der Waals surface area contributed by atoms with Gasteiger partial charge in [-0.15, -0.1) is 0 Å². The lowest BCUT2D eigenvalue weighted by molar-refractivity contribution is 0.102. The number of anilines is 1. The topological polar surface area (TPSA) is 69.6 Å². The van der Waals surface area contributed by atoms with Crippen molar-refractivity contribution in [3.05, 3.63) is 53.6 Å². The highest BCUT2D eigenvalue weighted by atomic mass is 16.3. The van der Waals surface area contributed by atoms with Gasteiger partial charge in [0.2, 0.25) is 0 Å². The molecule has 2 aromatic rings. The van der Waals surface area contributed by atoms with Gasteiger partial charge in [0.25, 0.3) is 5.91 Å². The quantitative estimate of drug-likeness (QED) is 0.710. The predicted molar refractivity (Wildman–Crippen MR) is 68.9 cm³/mol. The summed E-state index contributed by atoms with van der Waals surface area (Å²) in [7, 11) is 0. The first-order valence-corrected chi connectivity index (χ1v) is 5.46. The number of nitrogens with one attached hydrogen (secondary N) is 1. The maximum atomic E-state index is 11.9. The largest absolute Gasteiger partial charge is 0.508 e. The van der Waals surface area contributed by atoms with E-state index in [0.717, 1.165) is 5.56 Å². The van der Waals surface area contributed by atoms with E-state index in [4.69, 9.17) is 0 Å². The van der Waals surface area contributed by atoms with Crippen LogP contribution in [0.1, 0.15) is 15.9 Å². The number of amides is 1.